The van der Waals surface area contributed by atoms with Crippen LogP contribution in [0.25, 0.3) is 11.1 Å². The van der Waals surface area contributed by atoms with E-state index in [-0.39, 0.29) is 12.7 Å². The van der Waals surface area contributed by atoms with Crippen LogP contribution in [0.5, 0.6) is 0 Å². The molecule has 0 spiro atoms. The molecular formula is C14H17NO2S. The van der Waals surface area contributed by atoms with Crippen LogP contribution in [-0.2, 0) is 18.0 Å². The Hall–Kier alpha value is -1.23. The Kier molecular flexibility index (Phi) is 4.47. The summed E-state index contributed by atoms with van der Waals surface area (Å²) in [6.45, 7) is 4.69. The summed E-state index contributed by atoms with van der Waals surface area (Å²) in [5, 5.41) is 9.26. The maximum absolute atomic E-state index is 9.26. The topological polar surface area (TPSA) is 42.4 Å². The zero-order chi connectivity index (χ0) is 13.0. The first-order valence-electron chi connectivity index (χ1n) is 5.96. The van der Waals surface area contributed by atoms with Gasteiger partial charge in [0.05, 0.1) is 24.2 Å². The summed E-state index contributed by atoms with van der Waals surface area (Å²) in [6, 6.07) is 8.17. The van der Waals surface area contributed by atoms with Crippen LogP contribution >= 0.6 is 11.5 Å². The molecule has 96 valence electrons. The number of aliphatic hydroxyl groups is 1. The summed E-state index contributed by atoms with van der Waals surface area (Å²) in [4.78, 5) is 0.900. The molecular weight excluding hydrogens is 246 g/mol. The van der Waals surface area contributed by atoms with E-state index < -0.39 is 0 Å². The fourth-order valence-corrected chi connectivity index (χ4v) is 2.32. The Bertz CT molecular complexity index is 508. The second-order valence-corrected chi connectivity index (χ2v) is 5.27. The predicted molar refractivity (Wildman–Crippen MR) is 73.4 cm³/mol. The van der Waals surface area contributed by atoms with E-state index in [1.165, 1.54) is 11.5 Å². The average Bonchev–Trinajstić information content (AvgIpc) is 2.85. The second-order valence-electron chi connectivity index (χ2n) is 4.38. The van der Waals surface area contributed by atoms with Gasteiger partial charge in [0.15, 0.2) is 0 Å². The number of rotatable bonds is 5. The fraction of sp³-hybridized carbons (Fsp3) is 0.357. The minimum atomic E-state index is 0.0344. The van der Waals surface area contributed by atoms with E-state index in [1.807, 2.05) is 32.0 Å². The van der Waals surface area contributed by atoms with Crippen molar-refractivity contribution in [2.75, 3.05) is 0 Å². The third kappa shape index (κ3) is 3.16. The SMILES string of the molecule is CC(C)OCc1cccc(-c2cnsc2CO)c1. The van der Waals surface area contributed by atoms with Crippen molar-refractivity contribution < 1.29 is 9.84 Å². The minimum absolute atomic E-state index is 0.0344. The zero-order valence-corrected chi connectivity index (χ0v) is 11.4. The van der Waals surface area contributed by atoms with E-state index in [2.05, 4.69) is 10.4 Å². The van der Waals surface area contributed by atoms with Crippen LogP contribution in [-0.4, -0.2) is 15.6 Å². The van der Waals surface area contributed by atoms with Crippen molar-refractivity contribution in [2.45, 2.75) is 33.2 Å². The Morgan fingerprint density at radius 1 is 1.39 bits per heavy atom. The first kappa shape index (κ1) is 13.2. The highest BCUT2D eigenvalue weighted by molar-refractivity contribution is 7.06. The highest BCUT2D eigenvalue weighted by Gasteiger charge is 2.08. The first-order chi connectivity index (χ1) is 8.70. The summed E-state index contributed by atoms with van der Waals surface area (Å²) in [5.74, 6) is 0. The molecule has 2 aromatic rings. The number of aromatic nitrogens is 1. The number of benzene rings is 1. The molecule has 0 radical (unpaired) electrons. The van der Waals surface area contributed by atoms with Gasteiger partial charge in [-0.2, -0.15) is 0 Å². The molecule has 0 bridgehead atoms. The number of nitrogens with zero attached hydrogens (tertiary/aromatic N) is 1. The van der Waals surface area contributed by atoms with E-state index in [0.717, 1.165) is 21.6 Å². The normalized spacial score (nSPS) is 11.1. The Balaban J connectivity index is 2.21. The second kappa shape index (κ2) is 6.09. The summed E-state index contributed by atoms with van der Waals surface area (Å²) in [7, 11) is 0. The molecule has 1 aromatic carbocycles. The molecule has 1 N–H and O–H groups in total. The Morgan fingerprint density at radius 3 is 2.94 bits per heavy atom. The van der Waals surface area contributed by atoms with Crippen molar-refractivity contribution in [1.82, 2.24) is 4.37 Å². The molecule has 2 rings (SSSR count). The van der Waals surface area contributed by atoms with E-state index in [0.29, 0.717) is 6.61 Å². The van der Waals surface area contributed by atoms with Gasteiger partial charge in [-0.3, -0.25) is 0 Å². The molecule has 0 aliphatic heterocycles. The van der Waals surface area contributed by atoms with Crippen LogP contribution < -0.4 is 0 Å². The van der Waals surface area contributed by atoms with Gasteiger partial charge in [-0.15, -0.1) is 0 Å². The molecule has 0 aliphatic carbocycles. The third-order valence-corrected chi connectivity index (χ3v) is 3.39. The van der Waals surface area contributed by atoms with Crippen molar-refractivity contribution in [3.8, 4) is 11.1 Å². The monoisotopic (exact) mass is 263 g/mol. The van der Waals surface area contributed by atoms with Crippen molar-refractivity contribution >= 4 is 11.5 Å². The summed E-state index contributed by atoms with van der Waals surface area (Å²) in [6.07, 6.45) is 2.03. The molecule has 4 heteroatoms. The summed E-state index contributed by atoms with van der Waals surface area (Å²) in [5.41, 5.74) is 3.22. The van der Waals surface area contributed by atoms with Crippen LogP contribution in [0.4, 0.5) is 0 Å². The first-order valence-corrected chi connectivity index (χ1v) is 6.73. The van der Waals surface area contributed by atoms with Crippen molar-refractivity contribution in [3.05, 3.63) is 40.9 Å². The average molecular weight is 263 g/mol. The molecule has 0 atom stereocenters. The largest absolute Gasteiger partial charge is 0.391 e. The lowest BCUT2D eigenvalue weighted by Crippen LogP contribution is -2.02. The predicted octanol–water partition coefficient (Wildman–Crippen LogP) is 3.23. The summed E-state index contributed by atoms with van der Waals surface area (Å²) < 4.78 is 9.72. The van der Waals surface area contributed by atoms with Crippen LogP contribution in [0.2, 0.25) is 0 Å². The van der Waals surface area contributed by atoms with Crippen LogP contribution in [0.1, 0.15) is 24.3 Å². The smallest absolute Gasteiger partial charge is 0.0796 e. The number of hydrogen-bond donors (Lipinski definition) is 1. The standard InChI is InChI=1S/C14H17NO2S/c1-10(2)17-9-11-4-3-5-12(6-11)13-7-15-18-14(13)8-16/h3-7,10,16H,8-9H2,1-2H3. The molecule has 0 unspecified atom stereocenters. The number of ether oxygens (including phenoxy) is 1. The lowest BCUT2D eigenvalue weighted by molar-refractivity contribution is 0.0657. The van der Waals surface area contributed by atoms with E-state index in [1.54, 1.807) is 6.20 Å². The summed E-state index contributed by atoms with van der Waals surface area (Å²) >= 11 is 1.34. The number of hydrogen-bond acceptors (Lipinski definition) is 4. The molecule has 18 heavy (non-hydrogen) atoms. The maximum Gasteiger partial charge on any atom is 0.0796 e. The molecule has 1 heterocycles. The molecule has 3 nitrogen and oxygen atoms in total. The third-order valence-electron chi connectivity index (χ3n) is 2.61. The van der Waals surface area contributed by atoms with Gasteiger partial charge in [0.2, 0.25) is 0 Å². The van der Waals surface area contributed by atoms with Gasteiger partial charge in [-0.05, 0) is 42.6 Å². The van der Waals surface area contributed by atoms with Crippen LogP contribution in [0.15, 0.2) is 30.5 Å². The number of aliphatic hydroxyl groups excluding tert-OH is 1. The lowest BCUT2D eigenvalue weighted by atomic mass is 10.0. The van der Waals surface area contributed by atoms with Crippen LogP contribution in [0.3, 0.4) is 0 Å². The van der Waals surface area contributed by atoms with Gasteiger partial charge in [0.1, 0.15) is 0 Å². The Morgan fingerprint density at radius 2 is 2.22 bits per heavy atom. The zero-order valence-electron chi connectivity index (χ0n) is 10.6. The van der Waals surface area contributed by atoms with Crippen molar-refractivity contribution in [3.63, 3.8) is 0 Å². The maximum atomic E-state index is 9.26. The minimum Gasteiger partial charge on any atom is -0.391 e. The quantitative estimate of drug-likeness (QED) is 0.900. The molecule has 0 amide bonds. The highest BCUT2D eigenvalue weighted by atomic mass is 32.1. The van der Waals surface area contributed by atoms with E-state index in [9.17, 15) is 5.11 Å². The van der Waals surface area contributed by atoms with Gasteiger partial charge in [0.25, 0.3) is 0 Å². The van der Waals surface area contributed by atoms with Gasteiger partial charge in [-0.25, -0.2) is 4.37 Å². The van der Waals surface area contributed by atoms with Crippen LogP contribution in [0, 0.1) is 0 Å². The van der Waals surface area contributed by atoms with Gasteiger partial charge in [-0.1, -0.05) is 18.2 Å². The van der Waals surface area contributed by atoms with Crippen molar-refractivity contribution in [1.29, 1.82) is 0 Å². The highest BCUT2D eigenvalue weighted by Crippen LogP contribution is 2.27. The molecule has 1 aromatic heterocycles. The molecule has 0 saturated heterocycles. The van der Waals surface area contributed by atoms with E-state index in [4.69, 9.17) is 4.74 Å². The molecule has 0 aliphatic rings. The van der Waals surface area contributed by atoms with Gasteiger partial charge < -0.3 is 9.84 Å². The lowest BCUT2D eigenvalue weighted by Gasteiger charge is -2.09. The van der Waals surface area contributed by atoms with Gasteiger partial charge >= 0.3 is 0 Å². The van der Waals surface area contributed by atoms with E-state index >= 15 is 0 Å². The van der Waals surface area contributed by atoms with Gasteiger partial charge in [0, 0.05) is 11.8 Å². The molecule has 0 saturated carbocycles. The van der Waals surface area contributed by atoms with Crippen molar-refractivity contribution in [2.24, 2.45) is 0 Å². The fourth-order valence-electron chi connectivity index (χ4n) is 1.70. The Labute approximate surface area is 111 Å². The molecule has 0 fully saturated rings.